The summed E-state index contributed by atoms with van der Waals surface area (Å²) in [5.41, 5.74) is 8.85. The summed E-state index contributed by atoms with van der Waals surface area (Å²) in [6, 6.07) is 42.3. The lowest BCUT2D eigenvalue weighted by Crippen LogP contribution is -2.30. The van der Waals surface area contributed by atoms with Crippen molar-refractivity contribution in [2.45, 2.75) is 58.8 Å². The quantitative estimate of drug-likeness (QED) is 0.124. The van der Waals surface area contributed by atoms with Gasteiger partial charge in [-0.1, -0.05) is 76.9 Å². The lowest BCUT2D eigenvalue weighted by atomic mass is 9.73. The molecule has 0 spiro atoms. The maximum absolute atomic E-state index is 5.94. The third kappa shape index (κ3) is 6.43. The first-order valence-corrected chi connectivity index (χ1v) is 17.5. The van der Waals surface area contributed by atoms with Gasteiger partial charge < -0.3 is 14.4 Å². The maximum atomic E-state index is 5.94. The Morgan fingerprint density at radius 1 is 0.571 bits per heavy atom. The van der Waals surface area contributed by atoms with Crippen molar-refractivity contribution in [2.24, 2.45) is 0 Å². The number of para-hydroxylation sites is 2. The van der Waals surface area contributed by atoms with Gasteiger partial charge in [0.25, 0.3) is 0 Å². The monoisotopic (exact) mass is 648 g/mol. The van der Waals surface area contributed by atoms with Crippen LogP contribution < -0.4 is 14.4 Å². The van der Waals surface area contributed by atoms with Gasteiger partial charge in [-0.05, 0) is 109 Å². The Hall–Kier alpha value is -5.36. The standard InChI is InChI=1S/C43H44N4O2/c1-5-7-29-48-35-25-19-32(20-26-35)42-44-41(45-47(42)34-23-27-36(28-24-34)49-30-8-6-2)31-17-21-33(22-18-31)46-39-15-11-9-13-37(39)43(3,4)38-14-10-12-16-40(38)46/h9-28H,5-8,29-30H2,1-4H3. The second-order valence-corrected chi connectivity index (χ2v) is 13.1. The minimum atomic E-state index is -0.101. The maximum Gasteiger partial charge on any atom is 0.182 e. The molecule has 2 heterocycles. The highest BCUT2D eigenvalue weighted by Gasteiger charge is 2.36. The van der Waals surface area contributed by atoms with E-state index in [0.29, 0.717) is 19.0 Å². The van der Waals surface area contributed by atoms with Crippen LogP contribution in [0.25, 0.3) is 28.5 Å². The molecule has 49 heavy (non-hydrogen) atoms. The van der Waals surface area contributed by atoms with Gasteiger partial charge in [-0.15, -0.1) is 5.10 Å². The van der Waals surface area contributed by atoms with E-state index in [9.17, 15) is 0 Å². The third-order valence-electron chi connectivity index (χ3n) is 9.35. The zero-order valence-corrected chi connectivity index (χ0v) is 28.9. The highest BCUT2D eigenvalue weighted by Crippen LogP contribution is 2.51. The highest BCUT2D eigenvalue weighted by molar-refractivity contribution is 5.86. The third-order valence-corrected chi connectivity index (χ3v) is 9.35. The van der Waals surface area contributed by atoms with Crippen LogP contribution in [0.4, 0.5) is 17.1 Å². The van der Waals surface area contributed by atoms with Crippen LogP contribution in [-0.4, -0.2) is 28.0 Å². The zero-order chi connectivity index (χ0) is 33.8. The molecule has 0 radical (unpaired) electrons. The van der Waals surface area contributed by atoms with Gasteiger partial charge in [0.05, 0.1) is 30.3 Å². The molecule has 0 unspecified atom stereocenters. The molecule has 0 saturated carbocycles. The van der Waals surface area contributed by atoms with E-state index in [4.69, 9.17) is 19.6 Å². The first kappa shape index (κ1) is 32.2. The number of rotatable bonds is 12. The fourth-order valence-corrected chi connectivity index (χ4v) is 6.56. The van der Waals surface area contributed by atoms with Crippen molar-refractivity contribution >= 4 is 17.1 Å². The average molecular weight is 649 g/mol. The topological polar surface area (TPSA) is 52.4 Å². The highest BCUT2D eigenvalue weighted by atomic mass is 16.5. The Balaban J connectivity index is 1.24. The Morgan fingerprint density at radius 3 is 1.61 bits per heavy atom. The molecule has 1 aliphatic rings. The smallest absolute Gasteiger partial charge is 0.182 e. The van der Waals surface area contributed by atoms with E-state index in [2.05, 4.69) is 118 Å². The van der Waals surface area contributed by atoms with Crippen molar-refractivity contribution in [1.82, 2.24) is 14.8 Å². The summed E-state index contributed by atoms with van der Waals surface area (Å²) in [6.45, 7) is 10.4. The number of aromatic nitrogens is 3. The molecule has 0 bridgehead atoms. The zero-order valence-electron chi connectivity index (χ0n) is 28.9. The van der Waals surface area contributed by atoms with Crippen molar-refractivity contribution in [2.75, 3.05) is 18.1 Å². The van der Waals surface area contributed by atoms with Crippen molar-refractivity contribution < 1.29 is 9.47 Å². The molecule has 6 heteroatoms. The van der Waals surface area contributed by atoms with Gasteiger partial charge in [0.2, 0.25) is 0 Å². The number of unbranched alkanes of at least 4 members (excludes halogenated alkanes) is 2. The SMILES string of the molecule is CCCCOc1ccc(-c2nc(-c3ccc(N4c5ccccc5C(C)(C)c5ccccc54)cc3)nn2-c2ccc(OCCCC)cc2)cc1. The van der Waals surface area contributed by atoms with E-state index in [0.717, 1.165) is 65.5 Å². The summed E-state index contributed by atoms with van der Waals surface area (Å²) in [6.07, 6.45) is 4.27. The molecule has 0 N–H and O–H groups in total. The fraction of sp³-hybridized carbons (Fsp3) is 0.256. The van der Waals surface area contributed by atoms with Gasteiger partial charge in [0.15, 0.2) is 11.6 Å². The minimum absolute atomic E-state index is 0.101. The molecule has 6 aromatic rings. The Morgan fingerprint density at radius 2 is 1.06 bits per heavy atom. The Kier molecular flexibility index (Phi) is 9.21. The molecular formula is C43H44N4O2. The van der Waals surface area contributed by atoms with E-state index in [1.54, 1.807) is 0 Å². The minimum Gasteiger partial charge on any atom is -0.494 e. The summed E-state index contributed by atoms with van der Waals surface area (Å²) >= 11 is 0. The summed E-state index contributed by atoms with van der Waals surface area (Å²) in [5, 5.41) is 5.07. The van der Waals surface area contributed by atoms with Crippen molar-refractivity contribution in [3.8, 4) is 40.0 Å². The van der Waals surface area contributed by atoms with Gasteiger partial charge in [0, 0.05) is 22.2 Å². The van der Waals surface area contributed by atoms with E-state index in [1.165, 1.54) is 22.5 Å². The normalized spacial score (nSPS) is 13.1. The van der Waals surface area contributed by atoms with E-state index in [1.807, 2.05) is 41.1 Å². The van der Waals surface area contributed by atoms with Crippen molar-refractivity contribution in [1.29, 1.82) is 0 Å². The van der Waals surface area contributed by atoms with Crippen LogP contribution in [0.15, 0.2) is 121 Å². The lowest BCUT2D eigenvalue weighted by molar-refractivity contribution is 0.309. The van der Waals surface area contributed by atoms with Crippen LogP contribution in [-0.2, 0) is 5.41 Å². The first-order chi connectivity index (χ1) is 24.0. The predicted octanol–water partition coefficient (Wildman–Crippen LogP) is 11.1. The number of hydrogen-bond acceptors (Lipinski definition) is 5. The summed E-state index contributed by atoms with van der Waals surface area (Å²) in [7, 11) is 0. The molecule has 248 valence electrons. The molecule has 5 aromatic carbocycles. The molecule has 7 rings (SSSR count). The number of fused-ring (bicyclic) bond motifs is 2. The van der Waals surface area contributed by atoms with Gasteiger partial charge >= 0.3 is 0 Å². The van der Waals surface area contributed by atoms with Crippen LogP contribution in [0.5, 0.6) is 11.5 Å². The largest absolute Gasteiger partial charge is 0.494 e. The summed E-state index contributed by atoms with van der Waals surface area (Å²) in [4.78, 5) is 7.48. The summed E-state index contributed by atoms with van der Waals surface area (Å²) in [5.74, 6) is 3.14. The average Bonchev–Trinajstić information content (AvgIpc) is 3.59. The van der Waals surface area contributed by atoms with Gasteiger partial charge in [-0.25, -0.2) is 9.67 Å². The molecular weight excluding hydrogens is 604 g/mol. The fourth-order valence-electron chi connectivity index (χ4n) is 6.56. The second-order valence-electron chi connectivity index (χ2n) is 13.1. The predicted molar refractivity (Wildman–Crippen MR) is 200 cm³/mol. The van der Waals surface area contributed by atoms with Gasteiger partial charge in [0.1, 0.15) is 11.5 Å². The van der Waals surface area contributed by atoms with E-state index >= 15 is 0 Å². The van der Waals surface area contributed by atoms with E-state index < -0.39 is 0 Å². The molecule has 6 nitrogen and oxygen atoms in total. The number of anilines is 3. The number of hydrogen-bond donors (Lipinski definition) is 0. The number of nitrogens with zero attached hydrogens (tertiary/aromatic N) is 4. The molecule has 0 atom stereocenters. The molecule has 1 aliphatic heterocycles. The molecule has 1 aromatic heterocycles. The molecule has 0 aliphatic carbocycles. The molecule has 0 fully saturated rings. The van der Waals surface area contributed by atoms with Crippen molar-refractivity contribution in [3.05, 3.63) is 132 Å². The van der Waals surface area contributed by atoms with Crippen LogP contribution in [0, 0.1) is 0 Å². The van der Waals surface area contributed by atoms with Crippen LogP contribution in [0.2, 0.25) is 0 Å². The van der Waals surface area contributed by atoms with E-state index in [-0.39, 0.29) is 5.41 Å². The second kappa shape index (κ2) is 14.0. The van der Waals surface area contributed by atoms with Gasteiger partial charge in [-0.3, -0.25) is 0 Å². The Labute approximate surface area is 290 Å². The summed E-state index contributed by atoms with van der Waals surface area (Å²) < 4.78 is 13.8. The van der Waals surface area contributed by atoms with Crippen LogP contribution in [0.1, 0.15) is 64.5 Å². The molecule has 0 amide bonds. The van der Waals surface area contributed by atoms with Crippen molar-refractivity contribution in [3.63, 3.8) is 0 Å². The number of ether oxygens (including phenoxy) is 2. The molecule has 0 saturated heterocycles. The van der Waals surface area contributed by atoms with Crippen LogP contribution in [0.3, 0.4) is 0 Å². The first-order valence-electron chi connectivity index (χ1n) is 17.5. The Bertz CT molecular complexity index is 1890. The number of benzene rings is 5. The lowest BCUT2D eigenvalue weighted by Gasteiger charge is -2.42. The van der Waals surface area contributed by atoms with Crippen LogP contribution >= 0.6 is 0 Å². The van der Waals surface area contributed by atoms with Gasteiger partial charge in [-0.2, -0.15) is 0 Å².